The standard InChI is InChI=1S/C19H19F3N6O/c20-19(21,22)12-28-16(29)6-1-13-11-24-18(26-17(13)28)25-14-2-4-15(5-3-14)27-9-7-23-8-10-27/h1-6,11,23H,7-10,12H2,(H,24,25,26). The van der Waals surface area contributed by atoms with Crippen LogP contribution in [0, 0.1) is 0 Å². The maximum absolute atomic E-state index is 12.9. The van der Waals surface area contributed by atoms with E-state index in [0.29, 0.717) is 15.6 Å². The molecule has 0 radical (unpaired) electrons. The molecule has 10 heteroatoms. The number of nitrogens with one attached hydrogen (secondary N) is 2. The van der Waals surface area contributed by atoms with Crippen molar-refractivity contribution >= 4 is 28.4 Å². The largest absolute Gasteiger partial charge is 0.406 e. The molecular formula is C19H19F3N6O. The molecule has 1 aliphatic heterocycles. The number of hydrogen-bond acceptors (Lipinski definition) is 6. The quantitative estimate of drug-likeness (QED) is 0.696. The molecule has 0 atom stereocenters. The number of fused-ring (bicyclic) bond motifs is 1. The number of anilines is 3. The molecule has 152 valence electrons. The van der Waals surface area contributed by atoms with Gasteiger partial charge in [-0.1, -0.05) is 0 Å². The number of piperazine rings is 1. The van der Waals surface area contributed by atoms with E-state index in [-0.39, 0.29) is 11.6 Å². The molecule has 0 aliphatic carbocycles. The van der Waals surface area contributed by atoms with Crippen molar-refractivity contribution in [2.24, 2.45) is 0 Å². The molecule has 7 nitrogen and oxygen atoms in total. The summed E-state index contributed by atoms with van der Waals surface area (Å²) in [5, 5.41) is 6.64. The van der Waals surface area contributed by atoms with Gasteiger partial charge < -0.3 is 15.5 Å². The Hall–Kier alpha value is -3.14. The predicted octanol–water partition coefficient (Wildman–Crippen LogP) is 2.51. The van der Waals surface area contributed by atoms with Crippen LogP contribution in [0.3, 0.4) is 0 Å². The van der Waals surface area contributed by atoms with Crippen molar-refractivity contribution in [2.75, 3.05) is 36.4 Å². The number of halogens is 3. The summed E-state index contributed by atoms with van der Waals surface area (Å²) in [4.78, 5) is 22.5. The highest BCUT2D eigenvalue weighted by atomic mass is 19.4. The van der Waals surface area contributed by atoms with Crippen LogP contribution in [0.5, 0.6) is 0 Å². The van der Waals surface area contributed by atoms with Gasteiger partial charge in [-0.25, -0.2) is 4.98 Å². The lowest BCUT2D eigenvalue weighted by atomic mass is 10.2. The second-order valence-corrected chi connectivity index (χ2v) is 6.75. The second-order valence-electron chi connectivity index (χ2n) is 6.75. The van der Waals surface area contributed by atoms with Crippen LogP contribution in [-0.2, 0) is 6.54 Å². The summed E-state index contributed by atoms with van der Waals surface area (Å²) < 4.78 is 39.2. The normalized spacial score (nSPS) is 14.9. The minimum atomic E-state index is -4.53. The van der Waals surface area contributed by atoms with E-state index in [1.54, 1.807) is 0 Å². The number of benzene rings is 1. The number of nitrogens with zero attached hydrogens (tertiary/aromatic N) is 4. The van der Waals surface area contributed by atoms with Crippen LogP contribution in [0.1, 0.15) is 0 Å². The highest BCUT2D eigenvalue weighted by Gasteiger charge is 2.29. The Labute approximate surface area is 164 Å². The number of rotatable bonds is 4. The zero-order valence-electron chi connectivity index (χ0n) is 15.4. The van der Waals surface area contributed by atoms with Gasteiger partial charge in [0.15, 0.2) is 0 Å². The first-order valence-electron chi connectivity index (χ1n) is 9.15. The summed E-state index contributed by atoms with van der Waals surface area (Å²) in [6.07, 6.45) is -3.14. The van der Waals surface area contributed by atoms with Gasteiger partial charge in [-0.2, -0.15) is 18.2 Å². The zero-order valence-corrected chi connectivity index (χ0v) is 15.4. The molecule has 1 saturated heterocycles. The van der Waals surface area contributed by atoms with Crippen LogP contribution in [0.15, 0.2) is 47.4 Å². The van der Waals surface area contributed by atoms with Crippen LogP contribution in [0.4, 0.5) is 30.5 Å². The molecule has 29 heavy (non-hydrogen) atoms. The first-order valence-corrected chi connectivity index (χ1v) is 9.15. The smallest absolute Gasteiger partial charge is 0.369 e. The third-order valence-electron chi connectivity index (χ3n) is 4.67. The number of hydrogen-bond donors (Lipinski definition) is 2. The highest BCUT2D eigenvalue weighted by molar-refractivity contribution is 5.75. The van der Waals surface area contributed by atoms with Gasteiger partial charge in [0, 0.05) is 55.2 Å². The average Bonchev–Trinajstić information content (AvgIpc) is 2.71. The zero-order chi connectivity index (χ0) is 20.4. The van der Waals surface area contributed by atoms with Crippen LogP contribution in [0.25, 0.3) is 11.0 Å². The SMILES string of the molecule is O=c1ccc2cnc(Nc3ccc(N4CCNCC4)cc3)nc2n1CC(F)(F)F. The van der Waals surface area contributed by atoms with Crippen LogP contribution in [-0.4, -0.2) is 46.9 Å². The fourth-order valence-corrected chi connectivity index (χ4v) is 3.27. The van der Waals surface area contributed by atoms with Crippen molar-refractivity contribution in [1.82, 2.24) is 19.9 Å². The van der Waals surface area contributed by atoms with E-state index in [2.05, 4.69) is 25.5 Å². The van der Waals surface area contributed by atoms with Crippen molar-refractivity contribution in [2.45, 2.75) is 12.7 Å². The molecule has 3 heterocycles. The van der Waals surface area contributed by atoms with Crippen molar-refractivity contribution in [3.8, 4) is 0 Å². The Bertz CT molecular complexity index is 1060. The van der Waals surface area contributed by atoms with Crippen LogP contribution >= 0.6 is 0 Å². The van der Waals surface area contributed by atoms with E-state index in [1.165, 1.54) is 12.3 Å². The van der Waals surface area contributed by atoms with Crippen molar-refractivity contribution < 1.29 is 13.2 Å². The van der Waals surface area contributed by atoms with Crippen LogP contribution in [0.2, 0.25) is 0 Å². The molecule has 1 fully saturated rings. The van der Waals surface area contributed by atoms with E-state index in [1.807, 2.05) is 24.3 Å². The lowest BCUT2D eigenvalue weighted by molar-refractivity contribution is -0.140. The minimum absolute atomic E-state index is 0.0650. The van der Waals surface area contributed by atoms with Crippen molar-refractivity contribution in [3.05, 3.63) is 52.9 Å². The molecule has 1 aliphatic rings. The van der Waals surface area contributed by atoms with Gasteiger partial charge >= 0.3 is 6.18 Å². The summed E-state index contributed by atoms with van der Waals surface area (Å²) in [5.41, 5.74) is 0.962. The Balaban J connectivity index is 1.59. The fraction of sp³-hybridized carbons (Fsp3) is 0.316. The molecule has 0 amide bonds. The van der Waals surface area contributed by atoms with Gasteiger partial charge in [-0.05, 0) is 30.3 Å². The average molecular weight is 404 g/mol. The highest BCUT2D eigenvalue weighted by Crippen LogP contribution is 2.22. The number of alkyl halides is 3. The predicted molar refractivity (Wildman–Crippen MR) is 105 cm³/mol. The summed E-state index contributed by atoms with van der Waals surface area (Å²) in [6, 6.07) is 10.1. The summed E-state index contributed by atoms with van der Waals surface area (Å²) in [6.45, 7) is 2.32. The van der Waals surface area contributed by atoms with E-state index >= 15 is 0 Å². The van der Waals surface area contributed by atoms with E-state index < -0.39 is 18.3 Å². The first-order chi connectivity index (χ1) is 13.9. The Morgan fingerprint density at radius 2 is 1.79 bits per heavy atom. The summed E-state index contributed by atoms with van der Waals surface area (Å²) in [5.74, 6) is 0.119. The molecule has 4 rings (SSSR count). The lowest BCUT2D eigenvalue weighted by Gasteiger charge is -2.29. The van der Waals surface area contributed by atoms with Crippen molar-refractivity contribution in [1.29, 1.82) is 0 Å². The Morgan fingerprint density at radius 1 is 1.07 bits per heavy atom. The molecule has 0 saturated carbocycles. The minimum Gasteiger partial charge on any atom is -0.369 e. The fourth-order valence-electron chi connectivity index (χ4n) is 3.27. The van der Waals surface area contributed by atoms with Gasteiger partial charge in [0.1, 0.15) is 12.2 Å². The molecule has 2 aromatic heterocycles. The topological polar surface area (TPSA) is 75.1 Å². The van der Waals surface area contributed by atoms with Gasteiger partial charge in [0.2, 0.25) is 5.95 Å². The molecule has 2 N–H and O–H groups in total. The van der Waals surface area contributed by atoms with Gasteiger partial charge in [0.25, 0.3) is 5.56 Å². The Morgan fingerprint density at radius 3 is 2.48 bits per heavy atom. The molecular weight excluding hydrogens is 385 g/mol. The van der Waals surface area contributed by atoms with Gasteiger partial charge in [-0.15, -0.1) is 0 Å². The van der Waals surface area contributed by atoms with Gasteiger partial charge in [-0.3, -0.25) is 9.36 Å². The summed E-state index contributed by atoms with van der Waals surface area (Å²) >= 11 is 0. The maximum atomic E-state index is 12.9. The van der Waals surface area contributed by atoms with E-state index in [9.17, 15) is 18.0 Å². The van der Waals surface area contributed by atoms with Crippen LogP contribution < -0.4 is 21.1 Å². The van der Waals surface area contributed by atoms with Crippen molar-refractivity contribution in [3.63, 3.8) is 0 Å². The lowest BCUT2D eigenvalue weighted by Crippen LogP contribution is -2.43. The number of pyridine rings is 1. The first kappa shape index (κ1) is 19.2. The third kappa shape index (κ3) is 4.48. The maximum Gasteiger partial charge on any atom is 0.406 e. The molecule has 1 aromatic carbocycles. The Kier molecular flexibility index (Phi) is 5.10. The molecule has 3 aromatic rings. The molecule has 0 bridgehead atoms. The third-order valence-corrected chi connectivity index (χ3v) is 4.67. The van der Waals surface area contributed by atoms with E-state index in [0.717, 1.165) is 37.9 Å². The second kappa shape index (κ2) is 7.70. The van der Waals surface area contributed by atoms with Gasteiger partial charge in [0.05, 0.1) is 0 Å². The summed E-state index contributed by atoms with van der Waals surface area (Å²) in [7, 11) is 0. The molecule has 0 spiro atoms. The monoisotopic (exact) mass is 404 g/mol. The van der Waals surface area contributed by atoms with E-state index in [4.69, 9.17) is 0 Å². The molecule has 0 unspecified atom stereocenters. The number of aromatic nitrogens is 3.